The van der Waals surface area contributed by atoms with Gasteiger partial charge in [-0.2, -0.15) is 0 Å². The normalized spacial score (nSPS) is 4.67. The maximum Gasteiger partial charge on any atom is 0.0428 e. The third-order valence-corrected chi connectivity index (χ3v) is 0.224. The molecule has 2 nitrogen and oxygen atoms in total. The lowest BCUT2D eigenvalue weighted by Crippen LogP contribution is -1.69. The van der Waals surface area contributed by atoms with Crippen molar-refractivity contribution in [1.29, 1.82) is 0 Å². The van der Waals surface area contributed by atoms with Gasteiger partial charge >= 0.3 is 0 Å². The molecular formula is C7H23NO. The van der Waals surface area contributed by atoms with Crippen LogP contribution in [0.2, 0.25) is 0 Å². The molecule has 9 heavy (non-hydrogen) atoms. The number of aliphatic hydroxyl groups is 1. The van der Waals surface area contributed by atoms with Crippen LogP contribution in [-0.4, -0.2) is 18.8 Å². The third kappa shape index (κ3) is 328. The predicted octanol–water partition coefficient (Wildman–Crippen LogP) is 1.63. The molecule has 0 aromatic rings. The van der Waals surface area contributed by atoms with Crippen LogP contribution in [-0.2, 0) is 0 Å². The van der Waals surface area contributed by atoms with Crippen molar-refractivity contribution in [2.45, 2.75) is 34.6 Å². The molecule has 0 bridgehead atoms. The number of rotatable bonds is 1. The maximum absolute atomic E-state index is 7.88. The van der Waals surface area contributed by atoms with Gasteiger partial charge in [-0.25, -0.2) is 0 Å². The van der Waals surface area contributed by atoms with Gasteiger partial charge in [0, 0.05) is 6.61 Å². The second-order valence-electron chi connectivity index (χ2n) is 0.724. The van der Waals surface area contributed by atoms with Crippen molar-refractivity contribution in [3.8, 4) is 0 Å². The van der Waals surface area contributed by atoms with Crippen molar-refractivity contribution in [3.63, 3.8) is 0 Å². The molecule has 0 aliphatic rings. The van der Waals surface area contributed by atoms with Gasteiger partial charge in [0.1, 0.15) is 0 Å². The van der Waals surface area contributed by atoms with Crippen LogP contribution in [0, 0.1) is 0 Å². The van der Waals surface area contributed by atoms with E-state index >= 15 is 0 Å². The first-order valence-corrected chi connectivity index (χ1v) is 3.10. The highest BCUT2D eigenvalue weighted by Gasteiger charge is 1.57. The van der Waals surface area contributed by atoms with Crippen molar-refractivity contribution in [3.05, 3.63) is 0 Å². The van der Waals surface area contributed by atoms with Crippen LogP contribution in [0.1, 0.15) is 34.6 Å². The fourth-order valence-corrected chi connectivity index (χ4v) is 0. The Balaban J connectivity index is -0.0000000221. The van der Waals surface area contributed by atoms with Gasteiger partial charge in [0.2, 0.25) is 0 Å². The highest BCUT2D eigenvalue weighted by atomic mass is 16.2. The van der Waals surface area contributed by atoms with E-state index in [2.05, 4.69) is 5.73 Å². The zero-order valence-electron chi connectivity index (χ0n) is 6.44. The summed E-state index contributed by atoms with van der Waals surface area (Å²) in [7, 11) is 1.50. The number of nitrogens with two attached hydrogens (primary N) is 1. The molecule has 62 valence electrons. The van der Waals surface area contributed by atoms with E-state index in [9.17, 15) is 0 Å². The van der Waals surface area contributed by atoms with Gasteiger partial charge in [0.25, 0.3) is 0 Å². The Labute approximate surface area is 60.1 Å². The molecule has 0 amide bonds. The highest BCUT2D eigenvalue weighted by Crippen LogP contribution is 1.61. The Bertz CT molecular complexity index is 10.9. The van der Waals surface area contributed by atoms with Gasteiger partial charge < -0.3 is 10.8 Å². The highest BCUT2D eigenvalue weighted by molar-refractivity contribution is 4.10. The lowest BCUT2D eigenvalue weighted by Gasteiger charge is -1.69. The van der Waals surface area contributed by atoms with E-state index in [-0.39, 0.29) is 7.43 Å². The number of hydrogen-bond acceptors (Lipinski definition) is 2. The van der Waals surface area contributed by atoms with Crippen LogP contribution in [0.3, 0.4) is 0 Å². The van der Waals surface area contributed by atoms with Gasteiger partial charge in [-0.3, -0.25) is 0 Å². The summed E-state index contributed by atoms with van der Waals surface area (Å²) in [5.74, 6) is 0. The van der Waals surface area contributed by atoms with Crippen LogP contribution < -0.4 is 5.73 Å². The van der Waals surface area contributed by atoms with Gasteiger partial charge in [-0.15, -0.1) is 0 Å². The van der Waals surface area contributed by atoms with Gasteiger partial charge in [0.15, 0.2) is 0 Å². The molecule has 0 atom stereocenters. The molecule has 0 spiro atoms. The quantitative estimate of drug-likeness (QED) is 0.577. The molecule has 0 aromatic carbocycles. The summed E-state index contributed by atoms with van der Waals surface area (Å²) in [4.78, 5) is 0. The topological polar surface area (TPSA) is 46.2 Å². The second kappa shape index (κ2) is 103. The van der Waals surface area contributed by atoms with E-state index in [1.165, 1.54) is 7.05 Å². The summed E-state index contributed by atoms with van der Waals surface area (Å²) < 4.78 is 0. The molecule has 0 fully saturated rings. The zero-order valence-corrected chi connectivity index (χ0v) is 6.44. The molecule has 0 aliphatic heterocycles. The standard InChI is InChI=1S/C3H8O.C2H6.CH5N.CH4/c1-2-3-4;2*1-2;/h4H,2-3H2,1H3;1-2H3;2H2,1H3;1H4. The molecule has 0 saturated heterocycles. The monoisotopic (exact) mass is 137 g/mol. The minimum Gasteiger partial charge on any atom is -0.396 e. The average molecular weight is 137 g/mol. The van der Waals surface area contributed by atoms with Crippen LogP contribution in [0.25, 0.3) is 0 Å². The fourth-order valence-electron chi connectivity index (χ4n) is 0. The summed E-state index contributed by atoms with van der Waals surface area (Å²) in [6.45, 7) is 6.25. The molecule has 3 N–H and O–H groups in total. The van der Waals surface area contributed by atoms with Gasteiger partial charge in [-0.1, -0.05) is 28.2 Å². The summed E-state index contributed by atoms with van der Waals surface area (Å²) in [5, 5.41) is 7.88. The van der Waals surface area contributed by atoms with Crippen LogP contribution in [0.4, 0.5) is 0 Å². The summed E-state index contributed by atoms with van der Waals surface area (Å²) in [6.07, 6.45) is 0.875. The van der Waals surface area contributed by atoms with E-state index in [0.29, 0.717) is 6.61 Å². The smallest absolute Gasteiger partial charge is 0.0428 e. The Kier molecular flexibility index (Phi) is 264. The van der Waals surface area contributed by atoms with Crippen LogP contribution >= 0.6 is 0 Å². The molecule has 0 rings (SSSR count). The first kappa shape index (κ1) is 23.1. The predicted molar refractivity (Wildman–Crippen MR) is 45.6 cm³/mol. The summed E-state index contributed by atoms with van der Waals surface area (Å²) in [6, 6.07) is 0. The Morgan fingerprint density at radius 3 is 1.33 bits per heavy atom. The second-order valence-corrected chi connectivity index (χ2v) is 0.724. The van der Waals surface area contributed by atoms with Crippen LogP contribution in [0.15, 0.2) is 0 Å². The number of hydrogen-bond donors (Lipinski definition) is 2. The molecule has 2 heteroatoms. The summed E-state index contributed by atoms with van der Waals surface area (Å²) >= 11 is 0. The van der Waals surface area contributed by atoms with Gasteiger partial charge in [0.05, 0.1) is 0 Å². The maximum atomic E-state index is 7.88. The Hall–Kier alpha value is -0.0800. The lowest BCUT2D eigenvalue weighted by atomic mass is 10.5. The van der Waals surface area contributed by atoms with Crippen LogP contribution in [0.5, 0.6) is 0 Å². The van der Waals surface area contributed by atoms with E-state index in [1.807, 2.05) is 20.8 Å². The average Bonchev–Trinajstić information content (AvgIpc) is 1.96. The lowest BCUT2D eigenvalue weighted by molar-refractivity contribution is 0.295. The minimum absolute atomic E-state index is 0. The number of aliphatic hydroxyl groups excluding tert-OH is 1. The van der Waals surface area contributed by atoms with E-state index in [4.69, 9.17) is 5.11 Å². The Morgan fingerprint density at radius 1 is 1.22 bits per heavy atom. The molecule has 0 radical (unpaired) electrons. The Morgan fingerprint density at radius 2 is 1.33 bits per heavy atom. The van der Waals surface area contributed by atoms with E-state index in [0.717, 1.165) is 6.42 Å². The minimum atomic E-state index is 0. The fraction of sp³-hybridized carbons (Fsp3) is 1.00. The molecule has 0 heterocycles. The third-order valence-electron chi connectivity index (χ3n) is 0.224. The molecule has 0 saturated carbocycles. The molecule has 0 unspecified atom stereocenters. The SMILES string of the molecule is C.CC.CCCO.CN. The van der Waals surface area contributed by atoms with Gasteiger partial charge in [-0.05, 0) is 13.5 Å². The molecule has 0 aliphatic carbocycles. The van der Waals surface area contributed by atoms with Crippen molar-refractivity contribution in [1.82, 2.24) is 0 Å². The van der Waals surface area contributed by atoms with Crippen molar-refractivity contribution < 1.29 is 5.11 Å². The van der Waals surface area contributed by atoms with E-state index < -0.39 is 0 Å². The van der Waals surface area contributed by atoms with Crippen molar-refractivity contribution in [2.75, 3.05) is 13.7 Å². The largest absolute Gasteiger partial charge is 0.396 e. The first-order chi connectivity index (χ1) is 3.91. The van der Waals surface area contributed by atoms with Crippen molar-refractivity contribution >= 4 is 0 Å². The zero-order chi connectivity index (χ0) is 7.41. The molecular weight excluding hydrogens is 114 g/mol. The molecule has 0 aromatic heterocycles. The summed E-state index contributed by atoms with van der Waals surface area (Å²) in [5.41, 5.74) is 4.50. The van der Waals surface area contributed by atoms with Crippen molar-refractivity contribution in [2.24, 2.45) is 5.73 Å². The first-order valence-electron chi connectivity index (χ1n) is 3.10. The van der Waals surface area contributed by atoms with E-state index in [1.54, 1.807) is 0 Å².